The van der Waals surface area contributed by atoms with Gasteiger partial charge in [0, 0.05) is 12.8 Å². The Bertz CT molecular complexity index is 1230. The van der Waals surface area contributed by atoms with Crippen molar-refractivity contribution in [1.29, 1.82) is 5.26 Å². The van der Waals surface area contributed by atoms with E-state index in [-0.39, 0.29) is 25.4 Å². The second-order valence-electron chi connectivity index (χ2n) is 8.63. The fourth-order valence-corrected chi connectivity index (χ4v) is 4.89. The standard InChI is InChI=1S/C25H21F3N2O4/c26-25(27,28)7-1-9-32-17-3-4-20-16(10-17)6-8-24(20)12-18(19(13-29)23(31)30-24)15-2-5-21-22(11-15)34-14-33-21/h2-5,10-11H,1,6-9,12,14H2,(H,30,31). The van der Waals surface area contributed by atoms with Gasteiger partial charge in [-0.25, -0.2) is 0 Å². The SMILES string of the molecule is N#CC1=C(c2ccc3c(c2)OCO3)CC2(CCc3cc(OCCCC(F)(F)F)ccc32)NC1=O. The molecule has 1 N–H and O–H groups in total. The Hall–Kier alpha value is -3.67. The van der Waals surface area contributed by atoms with Crippen LogP contribution in [0.5, 0.6) is 17.2 Å². The summed E-state index contributed by atoms with van der Waals surface area (Å²) < 4.78 is 53.4. The van der Waals surface area contributed by atoms with Gasteiger partial charge in [0.15, 0.2) is 11.5 Å². The lowest BCUT2D eigenvalue weighted by Crippen LogP contribution is -2.48. The summed E-state index contributed by atoms with van der Waals surface area (Å²) >= 11 is 0. The highest BCUT2D eigenvalue weighted by Gasteiger charge is 2.45. The Morgan fingerprint density at radius 3 is 2.76 bits per heavy atom. The van der Waals surface area contributed by atoms with Crippen LogP contribution in [0.4, 0.5) is 13.2 Å². The first-order valence-electron chi connectivity index (χ1n) is 11.0. The van der Waals surface area contributed by atoms with Crippen molar-refractivity contribution in [3.8, 4) is 23.3 Å². The number of halogens is 3. The van der Waals surface area contributed by atoms with E-state index < -0.39 is 24.0 Å². The van der Waals surface area contributed by atoms with Gasteiger partial charge in [-0.05, 0) is 65.8 Å². The van der Waals surface area contributed by atoms with Gasteiger partial charge in [-0.2, -0.15) is 18.4 Å². The van der Waals surface area contributed by atoms with Crippen molar-refractivity contribution in [2.24, 2.45) is 0 Å². The minimum atomic E-state index is -4.20. The third kappa shape index (κ3) is 4.04. The number of nitrogens with one attached hydrogen (secondary N) is 1. The number of carbonyl (C=O) groups excluding carboxylic acids is 1. The van der Waals surface area contributed by atoms with E-state index in [2.05, 4.69) is 5.32 Å². The van der Waals surface area contributed by atoms with E-state index in [1.54, 1.807) is 18.2 Å². The minimum Gasteiger partial charge on any atom is -0.494 e. The maximum absolute atomic E-state index is 13.0. The molecule has 6 nitrogen and oxygen atoms in total. The number of alkyl halides is 3. The van der Waals surface area contributed by atoms with Crippen LogP contribution in [0.25, 0.3) is 5.57 Å². The van der Waals surface area contributed by atoms with Gasteiger partial charge in [0.25, 0.3) is 5.91 Å². The molecular formula is C25H21F3N2O4. The van der Waals surface area contributed by atoms with Crippen molar-refractivity contribution in [2.45, 2.75) is 43.8 Å². The first-order valence-corrected chi connectivity index (χ1v) is 11.0. The third-order valence-corrected chi connectivity index (χ3v) is 6.48. The number of fused-ring (bicyclic) bond motifs is 3. The zero-order valence-electron chi connectivity index (χ0n) is 18.1. The maximum atomic E-state index is 13.0. The predicted molar refractivity (Wildman–Crippen MR) is 115 cm³/mol. The lowest BCUT2D eigenvalue weighted by molar-refractivity contribution is -0.136. The van der Waals surface area contributed by atoms with E-state index in [0.29, 0.717) is 42.1 Å². The van der Waals surface area contributed by atoms with Gasteiger partial charge in [-0.15, -0.1) is 0 Å². The van der Waals surface area contributed by atoms with Crippen molar-refractivity contribution >= 4 is 11.5 Å². The molecule has 1 amide bonds. The molecule has 2 heterocycles. The van der Waals surface area contributed by atoms with Gasteiger partial charge in [0.1, 0.15) is 17.4 Å². The largest absolute Gasteiger partial charge is 0.494 e. The molecule has 1 spiro atoms. The fraction of sp³-hybridized carbons (Fsp3) is 0.360. The van der Waals surface area contributed by atoms with Crippen LogP contribution >= 0.6 is 0 Å². The molecule has 176 valence electrons. The van der Waals surface area contributed by atoms with E-state index in [1.807, 2.05) is 24.3 Å². The van der Waals surface area contributed by atoms with Crippen molar-refractivity contribution < 1.29 is 32.2 Å². The number of carbonyl (C=O) groups is 1. The summed E-state index contributed by atoms with van der Waals surface area (Å²) in [4.78, 5) is 13.0. The number of nitrogens with zero attached hydrogens (tertiary/aromatic N) is 1. The van der Waals surface area contributed by atoms with Crippen molar-refractivity contribution in [2.75, 3.05) is 13.4 Å². The molecule has 0 bridgehead atoms. The van der Waals surface area contributed by atoms with E-state index >= 15 is 0 Å². The molecule has 1 unspecified atom stereocenters. The quantitative estimate of drug-likeness (QED) is 0.637. The molecule has 34 heavy (non-hydrogen) atoms. The minimum absolute atomic E-state index is 0.0251. The maximum Gasteiger partial charge on any atom is 0.389 e. The lowest BCUT2D eigenvalue weighted by Gasteiger charge is -2.37. The number of amides is 1. The second kappa shape index (κ2) is 8.28. The number of nitriles is 1. The van der Waals surface area contributed by atoms with Crippen molar-refractivity contribution in [1.82, 2.24) is 5.32 Å². The van der Waals surface area contributed by atoms with Gasteiger partial charge in [-0.1, -0.05) is 12.1 Å². The number of ether oxygens (including phenoxy) is 3. The number of rotatable bonds is 5. The average molecular weight is 470 g/mol. The number of hydrogen-bond acceptors (Lipinski definition) is 5. The molecule has 1 atom stereocenters. The normalized spacial score (nSPS) is 20.8. The Balaban J connectivity index is 1.40. The summed E-state index contributed by atoms with van der Waals surface area (Å²) in [5.74, 6) is 1.26. The molecule has 0 fully saturated rings. The van der Waals surface area contributed by atoms with Gasteiger partial charge in [-0.3, -0.25) is 4.79 Å². The summed E-state index contributed by atoms with van der Waals surface area (Å²) in [6.45, 7) is 0.101. The zero-order valence-corrected chi connectivity index (χ0v) is 18.1. The molecule has 9 heteroatoms. The lowest BCUT2D eigenvalue weighted by atomic mass is 9.78. The first-order chi connectivity index (χ1) is 16.3. The van der Waals surface area contributed by atoms with Gasteiger partial charge < -0.3 is 19.5 Å². The molecule has 0 saturated heterocycles. The summed E-state index contributed by atoms with van der Waals surface area (Å²) in [5, 5.41) is 12.7. The fourth-order valence-electron chi connectivity index (χ4n) is 4.89. The molecule has 2 aromatic carbocycles. The third-order valence-electron chi connectivity index (χ3n) is 6.48. The highest BCUT2D eigenvalue weighted by molar-refractivity contribution is 6.07. The van der Waals surface area contributed by atoms with Gasteiger partial charge in [0.2, 0.25) is 6.79 Å². The Morgan fingerprint density at radius 1 is 1.15 bits per heavy atom. The monoisotopic (exact) mass is 470 g/mol. The molecule has 5 rings (SSSR count). The number of hydrogen-bond donors (Lipinski definition) is 1. The van der Waals surface area contributed by atoms with Gasteiger partial charge >= 0.3 is 6.18 Å². The summed E-state index contributed by atoms with van der Waals surface area (Å²) in [7, 11) is 0. The highest BCUT2D eigenvalue weighted by atomic mass is 19.4. The topological polar surface area (TPSA) is 80.6 Å². The van der Waals surface area contributed by atoms with E-state index in [9.17, 15) is 23.2 Å². The molecule has 2 aromatic rings. The van der Waals surface area contributed by atoms with Crippen LogP contribution in [0, 0.1) is 11.3 Å². The van der Waals surface area contributed by atoms with Crippen LogP contribution in [0.3, 0.4) is 0 Å². The second-order valence-corrected chi connectivity index (χ2v) is 8.63. The van der Waals surface area contributed by atoms with Gasteiger partial charge in [0.05, 0.1) is 12.1 Å². The molecular weight excluding hydrogens is 449 g/mol. The Morgan fingerprint density at radius 2 is 1.97 bits per heavy atom. The summed E-state index contributed by atoms with van der Waals surface area (Å²) in [6.07, 6.45) is -3.45. The van der Waals surface area contributed by atoms with E-state index in [0.717, 1.165) is 16.7 Å². The molecule has 2 aliphatic heterocycles. The van der Waals surface area contributed by atoms with E-state index in [1.165, 1.54) is 0 Å². The first kappa shape index (κ1) is 22.1. The molecule has 3 aliphatic rings. The smallest absolute Gasteiger partial charge is 0.389 e. The summed E-state index contributed by atoms with van der Waals surface area (Å²) in [5.41, 5.74) is 2.67. The highest BCUT2D eigenvalue weighted by Crippen LogP contribution is 2.48. The van der Waals surface area contributed by atoms with Crippen LogP contribution in [0.1, 0.15) is 42.4 Å². The molecule has 1 aliphatic carbocycles. The number of aryl methyl sites for hydroxylation is 1. The van der Waals surface area contributed by atoms with Crippen LogP contribution in [-0.4, -0.2) is 25.5 Å². The van der Waals surface area contributed by atoms with Crippen LogP contribution in [0.15, 0.2) is 42.0 Å². The average Bonchev–Trinajstić information content (AvgIpc) is 3.40. The predicted octanol–water partition coefficient (Wildman–Crippen LogP) is 4.78. The number of benzene rings is 2. The summed E-state index contributed by atoms with van der Waals surface area (Å²) in [6, 6.07) is 12.8. The van der Waals surface area contributed by atoms with E-state index in [4.69, 9.17) is 14.2 Å². The van der Waals surface area contributed by atoms with Crippen LogP contribution in [0.2, 0.25) is 0 Å². The van der Waals surface area contributed by atoms with Crippen LogP contribution < -0.4 is 19.5 Å². The Labute approximate surface area is 193 Å². The van der Waals surface area contributed by atoms with Crippen molar-refractivity contribution in [3.05, 3.63) is 58.7 Å². The molecule has 0 aromatic heterocycles. The van der Waals surface area contributed by atoms with Crippen molar-refractivity contribution in [3.63, 3.8) is 0 Å². The molecule has 0 saturated carbocycles. The molecule has 0 radical (unpaired) electrons. The zero-order chi connectivity index (χ0) is 23.9. The Kier molecular flexibility index (Phi) is 5.39. The van der Waals surface area contributed by atoms with Crippen LogP contribution in [-0.2, 0) is 16.8 Å².